The normalized spacial score (nSPS) is 11.6. The van der Waals surface area contributed by atoms with Crippen molar-refractivity contribution in [2.75, 3.05) is 5.32 Å². The third kappa shape index (κ3) is 4.11. The number of hydrogen-bond donors (Lipinski definition) is 1. The zero-order chi connectivity index (χ0) is 29.0. The molecular formula is C42H27NO. The highest BCUT2D eigenvalue weighted by Gasteiger charge is 2.12. The van der Waals surface area contributed by atoms with Crippen molar-refractivity contribution < 1.29 is 4.42 Å². The molecule has 0 saturated carbocycles. The van der Waals surface area contributed by atoms with Crippen LogP contribution in [-0.4, -0.2) is 0 Å². The average Bonchev–Trinajstić information content (AvgIpc) is 3.47. The summed E-state index contributed by atoms with van der Waals surface area (Å²) in [5, 5.41) is 13.4. The second kappa shape index (κ2) is 9.86. The summed E-state index contributed by atoms with van der Waals surface area (Å²) in [5.41, 5.74) is 8.72. The molecule has 0 radical (unpaired) electrons. The van der Waals surface area contributed by atoms with Crippen LogP contribution in [0.3, 0.4) is 0 Å². The number of nitrogens with one attached hydrogen (secondary N) is 1. The first kappa shape index (κ1) is 24.7. The second-order valence-electron chi connectivity index (χ2n) is 11.5. The maximum Gasteiger partial charge on any atom is 0.136 e. The van der Waals surface area contributed by atoms with Crippen LogP contribution in [0.2, 0.25) is 0 Å². The van der Waals surface area contributed by atoms with Crippen molar-refractivity contribution in [3.8, 4) is 22.3 Å². The molecule has 44 heavy (non-hydrogen) atoms. The standard InChI is InChI=1S/C42H27NO/c1-3-10-36-28(6-1)12-13-33-25-35(20-21-37(33)36)43-34-18-14-27(15-19-34)30-8-5-9-31(24-30)32-17-22-40-39(26-32)42-38-11-4-2-7-29(38)16-23-41(42)44-40/h1-26,43H. The van der Waals surface area contributed by atoms with Gasteiger partial charge in [-0.05, 0) is 103 Å². The van der Waals surface area contributed by atoms with Gasteiger partial charge in [-0.1, -0.05) is 109 Å². The lowest BCUT2D eigenvalue weighted by atomic mass is 9.97. The van der Waals surface area contributed by atoms with Crippen LogP contribution in [0, 0.1) is 0 Å². The van der Waals surface area contributed by atoms with Gasteiger partial charge in [0.1, 0.15) is 11.2 Å². The van der Waals surface area contributed by atoms with Crippen LogP contribution >= 0.6 is 0 Å². The van der Waals surface area contributed by atoms with Crippen molar-refractivity contribution in [2.45, 2.75) is 0 Å². The van der Waals surface area contributed by atoms with Crippen LogP contribution in [0.15, 0.2) is 162 Å². The molecular weight excluding hydrogens is 534 g/mol. The molecule has 8 aromatic carbocycles. The summed E-state index contributed by atoms with van der Waals surface area (Å²) in [4.78, 5) is 0. The quantitative estimate of drug-likeness (QED) is 0.216. The Morgan fingerprint density at radius 1 is 0.341 bits per heavy atom. The van der Waals surface area contributed by atoms with Crippen LogP contribution in [0.1, 0.15) is 0 Å². The first-order chi connectivity index (χ1) is 21.8. The van der Waals surface area contributed by atoms with E-state index in [1.165, 1.54) is 60.0 Å². The molecule has 1 aromatic heterocycles. The van der Waals surface area contributed by atoms with Gasteiger partial charge in [0.15, 0.2) is 0 Å². The van der Waals surface area contributed by atoms with Gasteiger partial charge >= 0.3 is 0 Å². The van der Waals surface area contributed by atoms with Crippen molar-refractivity contribution in [1.82, 2.24) is 0 Å². The Morgan fingerprint density at radius 3 is 1.82 bits per heavy atom. The second-order valence-corrected chi connectivity index (χ2v) is 11.5. The number of hydrogen-bond acceptors (Lipinski definition) is 2. The lowest BCUT2D eigenvalue weighted by Gasteiger charge is -2.11. The lowest BCUT2D eigenvalue weighted by Crippen LogP contribution is -1.90. The van der Waals surface area contributed by atoms with E-state index in [1.54, 1.807) is 0 Å². The van der Waals surface area contributed by atoms with E-state index in [2.05, 4.69) is 163 Å². The fourth-order valence-corrected chi connectivity index (χ4v) is 6.61. The molecule has 1 N–H and O–H groups in total. The van der Waals surface area contributed by atoms with Crippen LogP contribution in [0.4, 0.5) is 11.4 Å². The largest absolute Gasteiger partial charge is 0.456 e. The van der Waals surface area contributed by atoms with Crippen molar-refractivity contribution in [3.63, 3.8) is 0 Å². The molecule has 2 heteroatoms. The first-order valence-corrected chi connectivity index (χ1v) is 15.0. The topological polar surface area (TPSA) is 25.2 Å². The van der Waals surface area contributed by atoms with Gasteiger partial charge < -0.3 is 9.73 Å². The van der Waals surface area contributed by atoms with Crippen LogP contribution in [0.5, 0.6) is 0 Å². The summed E-state index contributed by atoms with van der Waals surface area (Å²) < 4.78 is 6.23. The smallest absolute Gasteiger partial charge is 0.136 e. The van der Waals surface area contributed by atoms with E-state index in [0.717, 1.165) is 27.9 Å². The molecule has 9 rings (SSSR count). The third-order valence-electron chi connectivity index (χ3n) is 8.81. The van der Waals surface area contributed by atoms with E-state index in [1.807, 2.05) is 0 Å². The van der Waals surface area contributed by atoms with Gasteiger partial charge in [-0.3, -0.25) is 0 Å². The summed E-state index contributed by atoms with van der Waals surface area (Å²) in [6.45, 7) is 0. The monoisotopic (exact) mass is 561 g/mol. The molecule has 0 atom stereocenters. The number of anilines is 2. The van der Waals surface area contributed by atoms with Crippen molar-refractivity contribution in [2.24, 2.45) is 0 Å². The maximum absolute atomic E-state index is 6.23. The molecule has 0 aliphatic rings. The van der Waals surface area contributed by atoms with E-state index in [-0.39, 0.29) is 0 Å². The molecule has 9 aromatic rings. The molecule has 2 nitrogen and oxygen atoms in total. The SMILES string of the molecule is c1cc(-c2ccc(Nc3ccc4c(ccc5ccccc54)c3)cc2)cc(-c2ccc3oc4ccc5ccccc5c4c3c2)c1. The Bertz CT molecular complexity index is 2520. The van der Waals surface area contributed by atoms with Crippen molar-refractivity contribution in [1.29, 1.82) is 0 Å². The Labute approximate surface area is 254 Å². The molecule has 0 fully saturated rings. The predicted molar refractivity (Wildman–Crippen MR) is 187 cm³/mol. The Morgan fingerprint density at radius 2 is 0.955 bits per heavy atom. The summed E-state index contributed by atoms with van der Waals surface area (Å²) in [6, 6.07) is 56.3. The van der Waals surface area contributed by atoms with Gasteiger partial charge in [-0.15, -0.1) is 0 Å². The highest BCUT2D eigenvalue weighted by molar-refractivity contribution is 6.19. The number of furan rings is 1. The summed E-state index contributed by atoms with van der Waals surface area (Å²) >= 11 is 0. The number of benzene rings is 8. The molecule has 0 aliphatic carbocycles. The molecule has 0 bridgehead atoms. The minimum absolute atomic E-state index is 0.916. The van der Waals surface area contributed by atoms with Crippen LogP contribution < -0.4 is 5.32 Å². The maximum atomic E-state index is 6.23. The minimum Gasteiger partial charge on any atom is -0.456 e. The molecule has 0 saturated heterocycles. The third-order valence-corrected chi connectivity index (χ3v) is 8.81. The number of fused-ring (bicyclic) bond motifs is 8. The molecule has 0 aliphatic heterocycles. The molecule has 0 unspecified atom stereocenters. The lowest BCUT2D eigenvalue weighted by molar-refractivity contribution is 0.669. The van der Waals surface area contributed by atoms with E-state index in [9.17, 15) is 0 Å². The highest BCUT2D eigenvalue weighted by Crippen LogP contribution is 2.37. The Kier molecular flexibility index (Phi) is 5.54. The van der Waals surface area contributed by atoms with Crippen LogP contribution in [-0.2, 0) is 0 Å². The van der Waals surface area contributed by atoms with Crippen molar-refractivity contribution in [3.05, 3.63) is 158 Å². The first-order valence-electron chi connectivity index (χ1n) is 15.0. The highest BCUT2D eigenvalue weighted by atomic mass is 16.3. The average molecular weight is 562 g/mol. The summed E-state index contributed by atoms with van der Waals surface area (Å²) in [6.07, 6.45) is 0. The Hall–Kier alpha value is -5.86. The van der Waals surface area contributed by atoms with Gasteiger partial charge in [0.2, 0.25) is 0 Å². The molecule has 1 heterocycles. The zero-order valence-corrected chi connectivity index (χ0v) is 23.9. The van der Waals surface area contributed by atoms with Gasteiger partial charge in [0.25, 0.3) is 0 Å². The molecule has 0 spiro atoms. The van der Waals surface area contributed by atoms with Crippen molar-refractivity contribution >= 4 is 65.6 Å². The van der Waals surface area contributed by atoms with Gasteiger partial charge in [-0.2, -0.15) is 0 Å². The minimum atomic E-state index is 0.916. The zero-order valence-electron chi connectivity index (χ0n) is 23.9. The van der Waals surface area contributed by atoms with Gasteiger partial charge in [0, 0.05) is 22.1 Å². The van der Waals surface area contributed by atoms with Gasteiger partial charge in [-0.25, -0.2) is 0 Å². The summed E-state index contributed by atoms with van der Waals surface area (Å²) in [7, 11) is 0. The number of rotatable bonds is 4. The Balaban J connectivity index is 1.02. The predicted octanol–water partition coefficient (Wildman–Crippen LogP) is 12.1. The van der Waals surface area contributed by atoms with E-state index in [0.29, 0.717) is 0 Å². The fourth-order valence-electron chi connectivity index (χ4n) is 6.61. The molecule has 0 amide bonds. The van der Waals surface area contributed by atoms with E-state index in [4.69, 9.17) is 4.42 Å². The summed E-state index contributed by atoms with van der Waals surface area (Å²) in [5.74, 6) is 0. The molecule has 206 valence electrons. The van der Waals surface area contributed by atoms with Gasteiger partial charge in [0.05, 0.1) is 0 Å². The fraction of sp³-hybridized carbons (Fsp3) is 0. The van der Waals surface area contributed by atoms with E-state index >= 15 is 0 Å². The van der Waals surface area contributed by atoms with E-state index < -0.39 is 0 Å². The van der Waals surface area contributed by atoms with Crippen LogP contribution in [0.25, 0.3) is 76.5 Å².